The highest BCUT2D eigenvalue weighted by Gasteiger charge is 2.22. The third kappa shape index (κ3) is 3.02. The van der Waals surface area contributed by atoms with E-state index in [2.05, 4.69) is 4.72 Å². The largest absolute Gasteiger partial charge is 0.468 e. The number of hydrogen-bond donors (Lipinski definition) is 1. The standard InChI is InChI=1S/C13H11ClN2O3S/c1-9(12-3-2-6-19-12)16-20(17,18)13-7-10(8-15)4-5-11(13)14/h2-7,9,16H,1H3. The summed E-state index contributed by atoms with van der Waals surface area (Å²) in [4.78, 5) is -0.128. The SMILES string of the molecule is CC(NS(=O)(=O)c1cc(C#N)ccc1Cl)c1ccco1. The van der Waals surface area contributed by atoms with Crippen molar-refractivity contribution in [1.29, 1.82) is 5.26 Å². The highest BCUT2D eigenvalue weighted by atomic mass is 35.5. The molecule has 2 rings (SSSR count). The van der Waals surface area contributed by atoms with Gasteiger partial charge in [0, 0.05) is 0 Å². The van der Waals surface area contributed by atoms with Crippen molar-refractivity contribution in [2.45, 2.75) is 17.9 Å². The normalized spacial score (nSPS) is 12.8. The fourth-order valence-corrected chi connectivity index (χ4v) is 3.41. The molecule has 1 unspecified atom stereocenters. The molecule has 1 N–H and O–H groups in total. The maximum absolute atomic E-state index is 12.3. The van der Waals surface area contributed by atoms with Gasteiger partial charge in [0.1, 0.15) is 10.7 Å². The zero-order valence-corrected chi connectivity index (χ0v) is 12.1. The number of halogens is 1. The van der Waals surface area contributed by atoms with Crippen LogP contribution in [-0.4, -0.2) is 8.42 Å². The minimum absolute atomic E-state index is 0.0585. The molecule has 1 atom stereocenters. The van der Waals surface area contributed by atoms with E-state index in [1.807, 2.05) is 6.07 Å². The van der Waals surface area contributed by atoms with Gasteiger partial charge in [-0.3, -0.25) is 0 Å². The van der Waals surface area contributed by atoms with Gasteiger partial charge in [0.25, 0.3) is 0 Å². The summed E-state index contributed by atoms with van der Waals surface area (Å²) in [6.07, 6.45) is 1.46. The summed E-state index contributed by atoms with van der Waals surface area (Å²) in [6.45, 7) is 1.65. The Bertz CT molecular complexity index is 748. The third-order valence-corrected chi connectivity index (χ3v) is 4.67. The number of furan rings is 1. The predicted octanol–water partition coefficient (Wildman–Crippen LogP) is 2.84. The van der Waals surface area contributed by atoms with Crippen LogP contribution in [0.15, 0.2) is 45.9 Å². The molecule has 104 valence electrons. The van der Waals surface area contributed by atoms with Crippen molar-refractivity contribution in [3.05, 3.63) is 52.9 Å². The number of benzene rings is 1. The van der Waals surface area contributed by atoms with Gasteiger partial charge < -0.3 is 4.42 Å². The van der Waals surface area contributed by atoms with Crippen molar-refractivity contribution in [2.75, 3.05) is 0 Å². The molecular formula is C13H11ClN2O3S. The van der Waals surface area contributed by atoms with Gasteiger partial charge in [0.15, 0.2) is 0 Å². The zero-order chi connectivity index (χ0) is 14.8. The van der Waals surface area contributed by atoms with Crippen LogP contribution in [0.3, 0.4) is 0 Å². The van der Waals surface area contributed by atoms with E-state index in [9.17, 15) is 8.42 Å². The Morgan fingerprint density at radius 1 is 1.40 bits per heavy atom. The van der Waals surface area contributed by atoms with E-state index in [1.165, 1.54) is 24.5 Å². The van der Waals surface area contributed by atoms with Gasteiger partial charge in [0.2, 0.25) is 10.0 Å². The third-order valence-electron chi connectivity index (χ3n) is 2.65. The van der Waals surface area contributed by atoms with E-state index in [-0.39, 0.29) is 15.5 Å². The summed E-state index contributed by atoms with van der Waals surface area (Å²) in [5.74, 6) is 0.487. The van der Waals surface area contributed by atoms with Crippen LogP contribution in [0.5, 0.6) is 0 Å². The lowest BCUT2D eigenvalue weighted by Gasteiger charge is -2.13. The first-order chi connectivity index (χ1) is 9.44. The fourth-order valence-electron chi connectivity index (χ4n) is 1.67. The average molecular weight is 311 g/mol. The second-order valence-electron chi connectivity index (χ2n) is 4.12. The Labute approximate surface area is 121 Å². The van der Waals surface area contributed by atoms with E-state index < -0.39 is 16.1 Å². The van der Waals surface area contributed by atoms with Gasteiger partial charge in [-0.2, -0.15) is 5.26 Å². The molecule has 0 aliphatic rings. The molecule has 2 aromatic rings. The quantitative estimate of drug-likeness (QED) is 0.941. The van der Waals surface area contributed by atoms with Crippen LogP contribution in [0.1, 0.15) is 24.3 Å². The average Bonchev–Trinajstić information content (AvgIpc) is 2.92. The Kier molecular flexibility index (Phi) is 4.14. The molecule has 1 aromatic carbocycles. The first kappa shape index (κ1) is 14.6. The topological polar surface area (TPSA) is 83.1 Å². The molecule has 0 fully saturated rings. The van der Waals surface area contributed by atoms with Crippen molar-refractivity contribution in [1.82, 2.24) is 4.72 Å². The number of sulfonamides is 1. The molecule has 0 aliphatic carbocycles. The Balaban J connectivity index is 2.34. The molecule has 0 saturated carbocycles. The summed E-state index contributed by atoms with van der Waals surface area (Å²) in [6, 6.07) is 8.74. The maximum atomic E-state index is 12.3. The van der Waals surface area contributed by atoms with Crippen molar-refractivity contribution in [3.63, 3.8) is 0 Å². The summed E-state index contributed by atoms with van der Waals surface area (Å²) < 4.78 is 32.2. The molecule has 1 aromatic heterocycles. The Morgan fingerprint density at radius 3 is 2.75 bits per heavy atom. The number of hydrogen-bond acceptors (Lipinski definition) is 4. The zero-order valence-electron chi connectivity index (χ0n) is 10.5. The number of nitrogens with zero attached hydrogens (tertiary/aromatic N) is 1. The van der Waals surface area contributed by atoms with Gasteiger partial charge in [-0.05, 0) is 37.3 Å². The summed E-state index contributed by atoms with van der Waals surface area (Å²) in [5.41, 5.74) is 0.223. The molecule has 0 radical (unpaired) electrons. The predicted molar refractivity (Wildman–Crippen MR) is 73.6 cm³/mol. The lowest BCUT2D eigenvalue weighted by Crippen LogP contribution is -2.27. The first-order valence-electron chi connectivity index (χ1n) is 5.69. The van der Waals surface area contributed by atoms with E-state index in [0.29, 0.717) is 5.76 Å². The molecule has 0 saturated heterocycles. The van der Waals surface area contributed by atoms with Gasteiger partial charge in [-0.25, -0.2) is 13.1 Å². The van der Waals surface area contributed by atoms with Crippen LogP contribution in [0.4, 0.5) is 0 Å². The number of nitrogens with one attached hydrogen (secondary N) is 1. The summed E-state index contributed by atoms with van der Waals surface area (Å²) in [5, 5.41) is 8.89. The van der Waals surface area contributed by atoms with Crippen LogP contribution in [0, 0.1) is 11.3 Å². The highest BCUT2D eigenvalue weighted by molar-refractivity contribution is 7.89. The van der Waals surface area contributed by atoms with Gasteiger partial charge >= 0.3 is 0 Å². The van der Waals surface area contributed by atoms with Gasteiger partial charge in [-0.1, -0.05) is 11.6 Å². The Morgan fingerprint density at radius 2 is 2.15 bits per heavy atom. The maximum Gasteiger partial charge on any atom is 0.242 e. The number of nitriles is 1. The van der Waals surface area contributed by atoms with Crippen molar-refractivity contribution in [3.8, 4) is 6.07 Å². The minimum Gasteiger partial charge on any atom is -0.468 e. The van der Waals surface area contributed by atoms with Crippen LogP contribution in [0.2, 0.25) is 5.02 Å². The van der Waals surface area contributed by atoms with Crippen LogP contribution in [0.25, 0.3) is 0 Å². The molecular weight excluding hydrogens is 300 g/mol. The Hall–Kier alpha value is -1.81. The molecule has 20 heavy (non-hydrogen) atoms. The second kappa shape index (κ2) is 5.67. The van der Waals surface area contributed by atoms with Gasteiger partial charge in [-0.15, -0.1) is 0 Å². The monoisotopic (exact) mass is 310 g/mol. The molecule has 0 spiro atoms. The molecule has 5 nitrogen and oxygen atoms in total. The lowest BCUT2D eigenvalue weighted by atomic mass is 10.2. The first-order valence-corrected chi connectivity index (χ1v) is 7.55. The van der Waals surface area contributed by atoms with E-state index >= 15 is 0 Å². The fraction of sp³-hybridized carbons (Fsp3) is 0.154. The molecule has 0 amide bonds. The number of rotatable bonds is 4. The molecule has 7 heteroatoms. The molecule has 0 bridgehead atoms. The van der Waals surface area contributed by atoms with Gasteiger partial charge in [0.05, 0.1) is 29.0 Å². The smallest absolute Gasteiger partial charge is 0.242 e. The van der Waals surface area contributed by atoms with Crippen molar-refractivity contribution in [2.24, 2.45) is 0 Å². The van der Waals surface area contributed by atoms with E-state index in [1.54, 1.807) is 19.1 Å². The second-order valence-corrected chi connectivity index (χ2v) is 6.21. The van der Waals surface area contributed by atoms with E-state index in [4.69, 9.17) is 21.3 Å². The minimum atomic E-state index is -3.84. The molecule has 1 heterocycles. The summed E-state index contributed by atoms with van der Waals surface area (Å²) in [7, 11) is -3.84. The summed E-state index contributed by atoms with van der Waals surface area (Å²) >= 11 is 5.89. The van der Waals surface area contributed by atoms with Crippen LogP contribution in [-0.2, 0) is 10.0 Å². The van der Waals surface area contributed by atoms with Crippen molar-refractivity contribution >= 4 is 21.6 Å². The van der Waals surface area contributed by atoms with Crippen LogP contribution < -0.4 is 4.72 Å². The van der Waals surface area contributed by atoms with Crippen molar-refractivity contribution < 1.29 is 12.8 Å². The molecule has 0 aliphatic heterocycles. The van der Waals surface area contributed by atoms with E-state index in [0.717, 1.165) is 0 Å². The lowest BCUT2D eigenvalue weighted by molar-refractivity contribution is 0.459. The van der Waals surface area contributed by atoms with Crippen LogP contribution >= 0.6 is 11.6 Å². The highest BCUT2D eigenvalue weighted by Crippen LogP contribution is 2.24.